The molecule has 0 aromatic heterocycles. The quantitative estimate of drug-likeness (QED) is 0.679. The molecule has 2 unspecified atom stereocenters. The molecule has 82 valence electrons. The van der Waals surface area contributed by atoms with Crippen molar-refractivity contribution >= 4 is 0 Å². The number of nitrogens with zero attached hydrogens (tertiary/aromatic N) is 2. The molecule has 2 heterocycles. The van der Waals surface area contributed by atoms with Gasteiger partial charge in [-0.1, -0.05) is 20.3 Å². The molecule has 0 saturated carbocycles. The van der Waals surface area contributed by atoms with E-state index in [1.807, 2.05) is 0 Å². The summed E-state index contributed by atoms with van der Waals surface area (Å²) in [6, 6.07) is 0.896. The lowest BCUT2D eigenvalue weighted by molar-refractivity contribution is 0.0933. The van der Waals surface area contributed by atoms with Crippen LogP contribution in [0.5, 0.6) is 0 Å². The van der Waals surface area contributed by atoms with Crippen LogP contribution in [-0.4, -0.2) is 48.6 Å². The summed E-state index contributed by atoms with van der Waals surface area (Å²) in [7, 11) is 0. The van der Waals surface area contributed by atoms with E-state index < -0.39 is 0 Å². The summed E-state index contributed by atoms with van der Waals surface area (Å²) in [4.78, 5) is 5.37. The Kier molecular flexibility index (Phi) is 3.45. The number of hydrogen-bond acceptors (Lipinski definition) is 2. The molecule has 2 saturated heterocycles. The third-order valence-corrected chi connectivity index (χ3v) is 3.94. The van der Waals surface area contributed by atoms with Gasteiger partial charge in [0, 0.05) is 32.2 Å². The van der Waals surface area contributed by atoms with E-state index >= 15 is 0 Å². The number of piperazine rings is 1. The highest BCUT2D eigenvalue weighted by molar-refractivity contribution is 4.87. The third-order valence-electron chi connectivity index (χ3n) is 3.94. The van der Waals surface area contributed by atoms with Crippen LogP contribution in [0, 0.1) is 5.92 Å². The summed E-state index contributed by atoms with van der Waals surface area (Å²) in [5, 5.41) is 0. The van der Waals surface area contributed by atoms with E-state index in [9.17, 15) is 0 Å². The highest BCUT2D eigenvalue weighted by Crippen LogP contribution is 2.22. The fourth-order valence-corrected chi connectivity index (χ4v) is 2.79. The van der Waals surface area contributed by atoms with E-state index in [1.165, 1.54) is 52.0 Å². The van der Waals surface area contributed by atoms with Gasteiger partial charge in [0.15, 0.2) is 0 Å². The minimum atomic E-state index is 0.878. The van der Waals surface area contributed by atoms with Gasteiger partial charge in [-0.3, -0.25) is 4.90 Å². The van der Waals surface area contributed by atoms with E-state index in [-0.39, 0.29) is 0 Å². The fraction of sp³-hybridized carbons (Fsp3) is 1.00. The van der Waals surface area contributed by atoms with Crippen molar-refractivity contribution < 1.29 is 0 Å². The fourth-order valence-electron chi connectivity index (χ4n) is 2.79. The van der Waals surface area contributed by atoms with Crippen molar-refractivity contribution in [3.05, 3.63) is 0 Å². The van der Waals surface area contributed by atoms with E-state index in [2.05, 4.69) is 23.6 Å². The highest BCUT2D eigenvalue weighted by atomic mass is 15.3. The van der Waals surface area contributed by atoms with E-state index in [4.69, 9.17) is 0 Å². The first-order valence-electron chi connectivity index (χ1n) is 6.26. The molecule has 2 nitrogen and oxygen atoms in total. The van der Waals surface area contributed by atoms with E-state index in [0.717, 1.165) is 12.0 Å². The van der Waals surface area contributed by atoms with Crippen LogP contribution in [0.2, 0.25) is 0 Å². The maximum Gasteiger partial charge on any atom is 0.0224 e. The summed E-state index contributed by atoms with van der Waals surface area (Å²) < 4.78 is 0. The SMILES string of the molecule is CCC(C)CN1CCN2CCCC2C1. The van der Waals surface area contributed by atoms with Crippen molar-refractivity contribution in [2.24, 2.45) is 5.92 Å². The molecule has 2 fully saturated rings. The van der Waals surface area contributed by atoms with Crippen LogP contribution in [0.1, 0.15) is 33.1 Å². The molecular weight excluding hydrogens is 172 g/mol. The molecule has 0 aromatic carbocycles. The van der Waals surface area contributed by atoms with Crippen molar-refractivity contribution in [2.75, 3.05) is 32.7 Å². The molecular formula is C12H24N2. The van der Waals surface area contributed by atoms with Crippen molar-refractivity contribution in [3.63, 3.8) is 0 Å². The van der Waals surface area contributed by atoms with Crippen molar-refractivity contribution in [1.29, 1.82) is 0 Å². The molecule has 0 bridgehead atoms. The van der Waals surface area contributed by atoms with E-state index in [0.29, 0.717) is 0 Å². The molecule has 0 amide bonds. The van der Waals surface area contributed by atoms with Crippen LogP contribution in [0.3, 0.4) is 0 Å². The minimum absolute atomic E-state index is 0.878. The van der Waals surface area contributed by atoms with Gasteiger partial charge in [-0.05, 0) is 25.3 Å². The standard InChI is InChI=1S/C12H24N2/c1-3-11(2)9-13-7-8-14-6-4-5-12(14)10-13/h11-12H,3-10H2,1-2H3. The van der Waals surface area contributed by atoms with Crippen LogP contribution in [0.25, 0.3) is 0 Å². The smallest absolute Gasteiger partial charge is 0.0224 e. The van der Waals surface area contributed by atoms with Gasteiger partial charge in [0.1, 0.15) is 0 Å². The lowest BCUT2D eigenvalue weighted by Gasteiger charge is -2.38. The normalized spacial score (nSPS) is 31.7. The Hall–Kier alpha value is -0.0800. The van der Waals surface area contributed by atoms with Gasteiger partial charge in [0.05, 0.1) is 0 Å². The van der Waals surface area contributed by atoms with Gasteiger partial charge in [0.25, 0.3) is 0 Å². The summed E-state index contributed by atoms with van der Waals surface area (Å²) in [5.74, 6) is 0.878. The van der Waals surface area contributed by atoms with E-state index in [1.54, 1.807) is 0 Å². The largest absolute Gasteiger partial charge is 0.300 e. The second-order valence-electron chi connectivity index (χ2n) is 5.11. The summed E-state index contributed by atoms with van der Waals surface area (Å²) in [6.45, 7) is 11.3. The van der Waals surface area contributed by atoms with Gasteiger partial charge in [-0.2, -0.15) is 0 Å². The molecule has 2 rings (SSSR count). The average molecular weight is 196 g/mol. The first kappa shape index (κ1) is 10.4. The van der Waals surface area contributed by atoms with Crippen LogP contribution in [0.15, 0.2) is 0 Å². The Morgan fingerprint density at radius 2 is 2.14 bits per heavy atom. The lowest BCUT2D eigenvalue weighted by atomic mass is 10.1. The first-order valence-corrected chi connectivity index (χ1v) is 6.26. The molecule has 14 heavy (non-hydrogen) atoms. The predicted molar refractivity (Wildman–Crippen MR) is 60.5 cm³/mol. The summed E-state index contributed by atoms with van der Waals surface area (Å²) >= 11 is 0. The Bertz CT molecular complexity index is 181. The Balaban J connectivity index is 1.79. The summed E-state index contributed by atoms with van der Waals surface area (Å²) in [5.41, 5.74) is 0. The molecule has 0 spiro atoms. The zero-order valence-electron chi connectivity index (χ0n) is 9.71. The van der Waals surface area contributed by atoms with Gasteiger partial charge >= 0.3 is 0 Å². The van der Waals surface area contributed by atoms with Crippen LogP contribution >= 0.6 is 0 Å². The molecule has 2 aliphatic rings. The molecule has 2 atom stereocenters. The number of rotatable bonds is 3. The Morgan fingerprint density at radius 1 is 1.29 bits per heavy atom. The second-order valence-corrected chi connectivity index (χ2v) is 5.11. The van der Waals surface area contributed by atoms with Crippen LogP contribution in [0.4, 0.5) is 0 Å². The highest BCUT2D eigenvalue weighted by Gasteiger charge is 2.30. The predicted octanol–water partition coefficient (Wildman–Crippen LogP) is 1.81. The van der Waals surface area contributed by atoms with Gasteiger partial charge in [0.2, 0.25) is 0 Å². The molecule has 0 aromatic rings. The lowest BCUT2D eigenvalue weighted by Crippen LogP contribution is -2.50. The molecule has 0 N–H and O–H groups in total. The third kappa shape index (κ3) is 2.29. The second kappa shape index (κ2) is 4.63. The minimum Gasteiger partial charge on any atom is -0.300 e. The van der Waals surface area contributed by atoms with Crippen molar-refractivity contribution in [3.8, 4) is 0 Å². The Labute approximate surface area is 88.3 Å². The molecule has 0 aliphatic carbocycles. The zero-order valence-corrected chi connectivity index (χ0v) is 9.71. The maximum absolute atomic E-state index is 2.69. The van der Waals surface area contributed by atoms with Gasteiger partial charge in [-0.15, -0.1) is 0 Å². The van der Waals surface area contributed by atoms with Crippen LogP contribution in [-0.2, 0) is 0 Å². The molecule has 2 aliphatic heterocycles. The van der Waals surface area contributed by atoms with Crippen molar-refractivity contribution in [2.45, 2.75) is 39.2 Å². The Morgan fingerprint density at radius 3 is 2.93 bits per heavy atom. The molecule has 0 radical (unpaired) electrons. The number of fused-ring (bicyclic) bond motifs is 1. The maximum atomic E-state index is 2.69. The topological polar surface area (TPSA) is 6.48 Å². The van der Waals surface area contributed by atoms with Gasteiger partial charge < -0.3 is 4.90 Å². The van der Waals surface area contributed by atoms with Crippen LogP contribution < -0.4 is 0 Å². The zero-order chi connectivity index (χ0) is 9.97. The number of hydrogen-bond donors (Lipinski definition) is 0. The van der Waals surface area contributed by atoms with Crippen molar-refractivity contribution in [1.82, 2.24) is 9.80 Å². The van der Waals surface area contributed by atoms with Gasteiger partial charge in [-0.25, -0.2) is 0 Å². The first-order chi connectivity index (χ1) is 6.79. The average Bonchev–Trinajstić information content (AvgIpc) is 2.64. The monoisotopic (exact) mass is 196 g/mol. The molecule has 2 heteroatoms. The summed E-state index contributed by atoms with van der Waals surface area (Å²) in [6.07, 6.45) is 4.20.